The van der Waals surface area contributed by atoms with Crippen LogP contribution in [0.1, 0.15) is 199 Å². The second-order valence-corrected chi connectivity index (χ2v) is 33.3. The number of phenols is 2. The summed E-state index contributed by atoms with van der Waals surface area (Å²) in [6.07, 6.45) is 27.7. The van der Waals surface area contributed by atoms with Gasteiger partial charge in [0, 0.05) is 76.9 Å². The highest BCUT2D eigenvalue weighted by Gasteiger charge is 2.69. The first-order chi connectivity index (χ1) is 47.7. The van der Waals surface area contributed by atoms with Crippen LogP contribution in [0, 0.1) is 52.3 Å². The number of esters is 1. The number of fused-ring (bicyclic) bond motifs is 12. The van der Waals surface area contributed by atoms with Gasteiger partial charge in [-0.3, -0.25) is 10.1 Å². The summed E-state index contributed by atoms with van der Waals surface area (Å²) in [4.78, 5) is 31.7. The molecule has 1 unspecified atom stereocenters. The van der Waals surface area contributed by atoms with Gasteiger partial charge in [-0.2, -0.15) is 0 Å². The van der Waals surface area contributed by atoms with E-state index in [9.17, 15) is 35.7 Å². The first kappa shape index (κ1) is 64.0. The standard InChI is InChI=1S/C83H96N4O12/c1-5-61(83(96)35-59-51-13-10-14-55-70(51)82-36-63(83)57(59)29-46(82)21-25-81(40-82,75(55)94)34-48(91)27-41(2)43-11-6-7-12-43)78(95)98-65-32-58-72(93)68-64(92)31-49(38-88)97-74(68)69-66-54-22-26-85-76(84)67(54)71(80(23-8-9-24-80)33-44-16-17-47(90)30-56(44)60(66)39-89)53-20-19-50-45(28-62(53)79(65,4)99-73(58)69)37-86-77-52(50)18-15-42(3)87-77/h5,10,13-18,21-22,25,29-31,37,41-43,48,53,57,59-60,62-63,65-66,71,75,77,85-91,93-94,96H,6-9,11-12,19-20,23-24,26-28,32-36,38-40,84H2,1-4H3/b61-5+/t41-,42-,48-,53-,57+,59-,60-,62-,63+,65-,66+,71-,75+,77?,79+,81-,82+,83+/m1/s1. The molecule has 12 N–H and O–H groups in total. The number of nitrogens with one attached hydrogen (secondary N) is 3. The van der Waals surface area contributed by atoms with Crippen molar-refractivity contribution in [3.05, 3.63) is 191 Å². The molecule has 6 heterocycles. The van der Waals surface area contributed by atoms with E-state index in [0.29, 0.717) is 81.1 Å². The van der Waals surface area contributed by atoms with Crippen molar-refractivity contribution in [1.82, 2.24) is 16.0 Å². The van der Waals surface area contributed by atoms with E-state index in [1.165, 1.54) is 48.5 Å². The van der Waals surface area contributed by atoms with Crippen LogP contribution in [0.2, 0.25) is 0 Å². The summed E-state index contributed by atoms with van der Waals surface area (Å²) >= 11 is 0. The van der Waals surface area contributed by atoms with Crippen molar-refractivity contribution < 1.29 is 54.4 Å². The summed E-state index contributed by atoms with van der Waals surface area (Å²) < 4.78 is 22.4. The minimum atomic E-state index is -1.70. The van der Waals surface area contributed by atoms with E-state index < -0.39 is 99.8 Å². The summed E-state index contributed by atoms with van der Waals surface area (Å²) in [5.41, 5.74) is 14.1. The van der Waals surface area contributed by atoms with Gasteiger partial charge in [-0.05, 0) is 206 Å². The van der Waals surface area contributed by atoms with Gasteiger partial charge >= 0.3 is 5.97 Å². The lowest BCUT2D eigenvalue weighted by molar-refractivity contribution is -0.173. The lowest BCUT2D eigenvalue weighted by atomic mass is 9.47. The second-order valence-electron chi connectivity index (χ2n) is 33.3. The molecule has 3 aromatic carbocycles. The van der Waals surface area contributed by atoms with Crippen LogP contribution in [0.15, 0.2) is 145 Å². The molecule has 4 saturated carbocycles. The van der Waals surface area contributed by atoms with Crippen LogP contribution in [0.5, 0.6) is 17.2 Å². The van der Waals surface area contributed by atoms with Gasteiger partial charge < -0.3 is 66.0 Å². The number of hydrogen-bond acceptors (Lipinski definition) is 16. The Kier molecular flexibility index (Phi) is 14.8. The average molecular weight is 1340 g/mol. The highest BCUT2D eigenvalue weighted by atomic mass is 16.6. The third-order valence-corrected chi connectivity index (χ3v) is 28.5. The molecule has 10 aliphatic carbocycles. The van der Waals surface area contributed by atoms with E-state index in [-0.39, 0.29) is 88.1 Å². The van der Waals surface area contributed by atoms with E-state index in [4.69, 9.17) is 19.6 Å². The normalized spacial score (nSPS) is 36.8. The molecule has 16 heteroatoms. The number of aliphatic hydroxyl groups is 5. The van der Waals surface area contributed by atoms with Gasteiger partial charge in [0.2, 0.25) is 0 Å². The minimum absolute atomic E-state index is 0.0122. The number of phenolic OH excluding ortho intramolecular Hbond substituents is 2. The number of rotatable bonds is 10. The zero-order valence-corrected chi connectivity index (χ0v) is 57.4. The van der Waals surface area contributed by atoms with E-state index in [1.807, 2.05) is 19.1 Å². The van der Waals surface area contributed by atoms with Crippen LogP contribution in [0.3, 0.4) is 0 Å². The molecule has 19 rings (SSSR count). The van der Waals surface area contributed by atoms with Gasteiger partial charge in [0.25, 0.3) is 0 Å². The number of nitrogens with two attached hydrogens (primary N) is 1. The molecule has 2 spiro atoms. The van der Waals surface area contributed by atoms with Crippen LogP contribution in [0.25, 0.3) is 11.0 Å². The Labute approximate surface area is 578 Å². The molecule has 0 radical (unpaired) electrons. The highest BCUT2D eigenvalue weighted by Crippen LogP contribution is 2.73. The predicted molar refractivity (Wildman–Crippen MR) is 375 cm³/mol. The van der Waals surface area contributed by atoms with Crippen LogP contribution in [-0.4, -0.2) is 90.5 Å². The quantitative estimate of drug-likeness (QED) is 0.0520. The average Bonchev–Trinajstić information content (AvgIpc) is 1.54. The van der Waals surface area contributed by atoms with E-state index in [1.54, 1.807) is 18.2 Å². The molecule has 4 fully saturated rings. The smallest absolute Gasteiger partial charge is 0.337 e. The molecule has 16 nitrogen and oxygen atoms in total. The Balaban J connectivity index is 0.813. The van der Waals surface area contributed by atoms with E-state index in [0.717, 1.165) is 70.2 Å². The monoisotopic (exact) mass is 1340 g/mol. The topological polar surface area (TPSA) is 269 Å². The largest absolute Gasteiger partial charge is 0.508 e. The highest BCUT2D eigenvalue weighted by molar-refractivity contribution is 5.93. The lowest BCUT2D eigenvalue weighted by Gasteiger charge is -2.57. The number of dihydropyridines is 2. The molecule has 18 atom stereocenters. The zero-order chi connectivity index (χ0) is 68.1. The van der Waals surface area contributed by atoms with Crippen molar-refractivity contribution in [2.75, 3.05) is 13.2 Å². The molecule has 99 heavy (non-hydrogen) atoms. The molecule has 1 aromatic heterocycles. The van der Waals surface area contributed by atoms with E-state index >= 15 is 9.59 Å². The summed E-state index contributed by atoms with van der Waals surface area (Å²) in [6.45, 7) is 7.58. The number of allylic oxidation sites excluding steroid dienone is 8. The van der Waals surface area contributed by atoms with Gasteiger partial charge in [-0.15, -0.1) is 0 Å². The number of carbonyl (C=O) groups is 1. The number of hydrogen-bond donors (Lipinski definition) is 11. The van der Waals surface area contributed by atoms with Crippen molar-refractivity contribution in [1.29, 1.82) is 0 Å². The fraction of sp³-hybridized carbons (Fsp3) is 0.542. The number of ether oxygens (including phenoxy) is 2. The number of aromatic hydroxyl groups is 2. The number of aliphatic hydroxyl groups excluding tert-OH is 4. The Morgan fingerprint density at radius 1 is 0.980 bits per heavy atom. The fourth-order valence-corrected chi connectivity index (χ4v) is 24.4. The Hall–Kier alpha value is -7.18. The van der Waals surface area contributed by atoms with Gasteiger partial charge in [0.15, 0.2) is 5.43 Å². The maximum absolute atomic E-state index is 16.6. The SMILES string of the molecule is C/C=C(\C(=O)O[C@@H]1Cc2c3c(c4oc(CO)cc(=O)c4c2O)[C@H]2C4=CCNC(N)=C4[C@@H]([C@@H]4CCC5=C6C=C[C@@H](C)NC6NC=C5C[C@H]4[C@]1(C)O3)C1(CCCC1)Cc1ccc(O)cc1[C@H]2CO)[C@@]1(O)C[C@@H]2c3cccc4c3[C@]35C[C@H]1[C@H]2C=C3C=C[C@@](C[C@H](O)C[C@@H](C)C1CCCC1)(C5)[C@H]4O. The van der Waals surface area contributed by atoms with Crippen molar-refractivity contribution in [3.63, 3.8) is 0 Å². The first-order valence-corrected chi connectivity index (χ1v) is 37.4. The van der Waals surface area contributed by atoms with Gasteiger partial charge in [-0.25, -0.2) is 4.79 Å². The Morgan fingerprint density at radius 2 is 1.79 bits per heavy atom. The van der Waals surface area contributed by atoms with Crippen molar-refractivity contribution in [3.8, 4) is 17.2 Å². The van der Waals surface area contributed by atoms with E-state index in [2.05, 4.69) is 91.5 Å². The van der Waals surface area contributed by atoms with Crippen LogP contribution < -0.4 is 31.8 Å². The van der Waals surface area contributed by atoms with Crippen LogP contribution in [0.4, 0.5) is 0 Å². The molecule has 0 saturated heterocycles. The molecular formula is C83H96N4O12. The molecule has 15 aliphatic rings. The second kappa shape index (κ2) is 22.9. The molecule has 4 aromatic rings. The zero-order valence-electron chi connectivity index (χ0n) is 57.4. The van der Waals surface area contributed by atoms with Crippen molar-refractivity contribution in [2.45, 2.75) is 215 Å². The molecule has 5 aliphatic heterocycles. The molecule has 520 valence electrons. The van der Waals surface area contributed by atoms with Crippen LogP contribution in [-0.2, 0) is 34.4 Å². The third kappa shape index (κ3) is 9.15. The first-order valence-electron chi connectivity index (χ1n) is 37.4. The lowest BCUT2D eigenvalue weighted by Crippen LogP contribution is -2.60. The van der Waals surface area contributed by atoms with Crippen molar-refractivity contribution >= 4 is 16.9 Å². The summed E-state index contributed by atoms with van der Waals surface area (Å²) in [7, 11) is 0. The molecular weight excluding hydrogens is 1240 g/mol. The fourth-order valence-electron chi connectivity index (χ4n) is 24.4. The molecule has 0 amide bonds. The van der Waals surface area contributed by atoms with Crippen LogP contribution >= 0.6 is 0 Å². The van der Waals surface area contributed by atoms with Gasteiger partial charge in [0.05, 0.1) is 24.4 Å². The maximum atomic E-state index is 16.6. The van der Waals surface area contributed by atoms with Crippen molar-refractivity contribution in [2.24, 2.45) is 58.0 Å². The van der Waals surface area contributed by atoms with Gasteiger partial charge in [-0.1, -0.05) is 112 Å². The summed E-state index contributed by atoms with van der Waals surface area (Å²) in [5, 5.41) is 98.5. The van der Waals surface area contributed by atoms with Gasteiger partial charge in [0.1, 0.15) is 69.9 Å². The minimum Gasteiger partial charge on any atom is -0.508 e. The number of carbonyl (C=O) groups excluding carboxylic acids is 1. The molecule has 9 bridgehead atoms. The number of benzene rings is 3. The maximum Gasteiger partial charge on any atom is 0.337 e. The summed E-state index contributed by atoms with van der Waals surface area (Å²) in [5.74, 6) is -3.04. The Morgan fingerprint density at radius 3 is 2.58 bits per heavy atom. The predicted octanol–water partition coefficient (Wildman–Crippen LogP) is 11.3. The Bertz CT molecular complexity index is 4440. The summed E-state index contributed by atoms with van der Waals surface area (Å²) in [6, 6.07) is 13.1. The third-order valence-electron chi connectivity index (χ3n) is 28.5.